The number of alkyl halides is 4. The number of carbonyl (C=O) groups is 1. The predicted molar refractivity (Wildman–Crippen MR) is 86.8 cm³/mol. The molecule has 2 fully saturated rings. The summed E-state index contributed by atoms with van der Waals surface area (Å²) in [6.07, 6.45) is -7.79. The molecule has 1 atom stereocenters. The third kappa shape index (κ3) is 3.88. The Morgan fingerprint density at radius 3 is 2.41 bits per heavy atom. The van der Waals surface area contributed by atoms with Crippen LogP contribution in [0, 0.1) is 0 Å². The van der Waals surface area contributed by atoms with Gasteiger partial charge in [-0.05, 0) is 25.0 Å². The largest absolute Gasteiger partial charge is 0.441 e. The first kappa shape index (κ1) is 19.9. The van der Waals surface area contributed by atoms with Crippen molar-refractivity contribution in [2.75, 3.05) is 29.6 Å². The van der Waals surface area contributed by atoms with E-state index in [2.05, 4.69) is 0 Å². The van der Waals surface area contributed by atoms with Gasteiger partial charge in [0.05, 0.1) is 30.2 Å². The summed E-state index contributed by atoms with van der Waals surface area (Å²) < 4.78 is 83.8. The first-order valence-corrected chi connectivity index (χ1v) is 9.97. The Morgan fingerprint density at radius 1 is 1.26 bits per heavy atom. The van der Waals surface area contributed by atoms with Gasteiger partial charge in [0.25, 0.3) is 0 Å². The zero-order valence-corrected chi connectivity index (χ0v) is 14.8. The second kappa shape index (κ2) is 6.62. The topological polar surface area (TPSA) is 83.9 Å². The predicted octanol–water partition coefficient (Wildman–Crippen LogP) is 2.40. The minimum absolute atomic E-state index is 0.134. The van der Waals surface area contributed by atoms with E-state index in [9.17, 15) is 26.4 Å². The number of cyclic esters (lactones) is 1. The standard InChI is InChI=1S/C16H17F4NO5S/c17-15(3-5-27(24,25)6-4-15)12-2-1-10(7-13(12)16(18,19)20)21-8-11(9-22)26-14(21)23/h1-2,7,11,22H,3-6,8-9H2/t11-/m1/s1. The van der Waals surface area contributed by atoms with Gasteiger partial charge in [-0.25, -0.2) is 17.6 Å². The highest BCUT2D eigenvalue weighted by atomic mass is 32.2. The van der Waals surface area contributed by atoms with E-state index in [1.807, 2.05) is 0 Å². The molecule has 1 aromatic carbocycles. The van der Waals surface area contributed by atoms with Crippen LogP contribution in [0.1, 0.15) is 24.0 Å². The lowest BCUT2D eigenvalue weighted by Gasteiger charge is -2.32. The van der Waals surface area contributed by atoms with Gasteiger partial charge in [0.2, 0.25) is 0 Å². The molecule has 0 aromatic heterocycles. The number of halogens is 4. The van der Waals surface area contributed by atoms with Crippen LogP contribution >= 0.6 is 0 Å². The highest BCUT2D eigenvalue weighted by Gasteiger charge is 2.46. The van der Waals surface area contributed by atoms with Crippen molar-refractivity contribution in [2.45, 2.75) is 30.8 Å². The van der Waals surface area contributed by atoms with Crippen LogP contribution in [0.25, 0.3) is 0 Å². The molecule has 2 aliphatic heterocycles. The van der Waals surface area contributed by atoms with Crippen LogP contribution in [-0.2, 0) is 26.4 Å². The van der Waals surface area contributed by atoms with Crippen molar-refractivity contribution in [2.24, 2.45) is 0 Å². The number of sulfone groups is 1. The monoisotopic (exact) mass is 411 g/mol. The first-order valence-electron chi connectivity index (χ1n) is 8.15. The number of rotatable bonds is 3. The van der Waals surface area contributed by atoms with Crippen molar-refractivity contribution in [1.29, 1.82) is 0 Å². The van der Waals surface area contributed by atoms with Gasteiger partial charge in [-0.2, -0.15) is 13.2 Å². The van der Waals surface area contributed by atoms with E-state index >= 15 is 4.39 Å². The molecule has 6 nitrogen and oxygen atoms in total. The van der Waals surface area contributed by atoms with Crippen LogP contribution in [0.4, 0.5) is 28.0 Å². The number of aliphatic hydroxyl groups excluding tert-OH is 1. The van der Waals surface area contributed by atoms with Crippen molar-refractivity contribution in [3.63, 3.8) is 0 Å². The Hall–Kier alpha value is -1.88. The Morgan fingerprint density at radius 2 is 1.89 bits per heavy atom. The number of aliphatic hydroxyl groups is 1. The normalized spacial score (nSPS) is 24.7. The molecule has 0 bridgehead atoms. The molecule has 2 aliphatic rings. The molecule has 1 amide bonds. The summed E-state index contributed by atoms with van der Waals surface area (Å²) in [5.41, 5.74) is -4.46. The van der Waals surface area contributed by atoms with Crippen LogP contribution in [0.3, 0.4) is 0 Å². The van der Waals surface area contributed by atoms with Crippen LogP contribution in [0.5, 0.6) is 0 Å². The zero-order valence-electron chi connectivity index (χ0n) is 14.0. The summed E-state index contributed by atoms with van der Waals surface area (Å²) >= 11 is 0. The van der Waals surface area contributed by atoms with Crippen LogP contribution < -0.4 is 4.90 Å². The average Bonchev–Trinajstić information content (AvgIpc) is 2.97. The lowest BCUT2D eigenvalue weighted by atomic mass is 9.86. The molecule has 0 saturated carbocycles. The fraction of sp³-hybridized carbons (Fsp3) is 0.562. The zero-order chi connectivity index (χ0) is 20.0. The number of amides is 1. The summed E-state index contributed by atoms with van der Waals surface area (Å²) in [7, 11) is -3.46. The third-order valence-corrected chi connectivity index (χ3v) is 6.45. The fourth-order valence-corrected chi connectivity index (χ4v) is 4.76. The molecule has 150 valence electrons. The van der Waals surface area contributed by atoms with Gasteiger partial charge >= 0.3 is 12.3 Å². The summed E-state index contributed by atoms with van der Waals surface area (Å²) in [5.74, 6) is -1.06. The van der Waals surface area contributed by atoms with Gasteiger partial charge in [0.15, 0.2) is 9.84 Å². The molecule has 27 heavy (non-hydrogen) atoms. The van der Waals surface area contributed by atoms with Gasteiger partial charge < -0.3 is 9.84 Å². The third-order valence-electron chi connectivity index (χ3n) is 4.80. The second-order valence-electron chi connectivity index (χ2n) is 6.64. The van der Waals surface area contributed by atoms with E-state index in [1.54, 1.807) is 0 Å². The highest BCUT2D eigenvalue weighted by Crippen LogP contribution is 2.45. The Bertz CT molecular complexity index is 841. The number of nitrogens with zero attached hydrogens (tertiary/aromatic N) is 1. The average molecular weight is 411 g/mol. The number of anilines is 1. The molecule has 1 N–H and O–H groups in total. The molecular weight excluding hydrogens is 394 g/mol. The van der Waals surface area contributed by atoms with Crippen LogP contribution in [0.15, 0.2) is 18.2 Å². The number of ether oxygens (including phenoxy) is 1. The minimum Gasteiger partial charge on any atom is -0.441 e. The van der Waals surface area contributed by atoms with E-state index in [0.29, 0.717) is 6.07 Å². The number of benzene rings is 1. The van der Waals surface area contributed by atoms with Crippen molar-refractivity contribution in [1.82, 2.24) is 0 Å². The number of hydrogen-bond acceptors (Lipinski definition) is 5. The molecule has 1 aromatic rings. The maximum atomic E-state index is 15.2. The molecule has 0 unspecified atom stereocenters. The van der Waals surface area contributed by atoms with Gasteiger partial charge in [0, 0.05) is 11.3 Å². The molecule has 2 saturated heterocycles. The van der Waals surface area contributed by atoms with E-state index < -0.39 is 76.0 Å². The van der Waals surface area contributed by atoms with Gasteiger partial charge in [-0.1, -0.05) is 6.07 Å². The summed E-state index contributed by atoms with van der Waals surface area (Å²) in [5, 5.41) is 9.04. The molecule has 0 aliphatic carbocycles. The molecule has 2 heterocycles. The van der Waals surface area contributed by atoms with Crippen LogP contribution in [-0.4, -0.2) is 50.4 Å². The molecule has 3 rings (SSSR count). The van der Waals surface area contributed by atoms with Crippen molar-refractivity contribution < 1.29 is 40.6 Å². The number of carbonyl (C=O) groups excluding carboxylic acids is 1. The number of hydrogen-bond donors (Lipinski definition) is 1. The molecule has 11 heteroatoms. The summed E-state index contributed by atoms with van der Waals surface area (Å²) in [4.78, 5) is 12.7. The molecule has 0 spiro atoms. The fourth-order valence-electron chi connectivity index (χ4n) is 3.28. The Kier molecular flexibility index (Phi) is 4.87. The molecule has 0 radical (unpaired) electrons. The second-order valence-corrected chi connectivity index (χ2v) is 8.95. The highest BCUT2D eigenvalue weighted by molar-refractivity contribution is 7.91. The van der Waals surface area contributed by atoms with Crippen LogP contribution in [0.2, 0.25) is 0 Å². The maximum absolute atomic E-state index is 15.2. The lowest BCUT2D eigenvalue weighted by molar-refractivity contribution is -0.139. The smallest absolute Gasteiger partial charge is 0.416 e. The SMILES string of the molecule is O=C1O[C@@H](CO)CN1c1ccc(C2(F)CCS(=O)(=O)CC2)c(C(F)(F)F)c1. The molecular formula is C16H17F4NO5S. The Balaban J connectivity index is 2.00. The van der Waals surface area contributed by atoms with E-state index in [1.165, 1.54) is 0 Å². The quantitative estimate of drug-likeness (QED) is 0.773. The van der Waals surface area contributed by atoms with Gasteiger partial charge in [-0.15, -0.1) is 0 Å². The van der Waals surface area contributed by atoms with Crippen molar-refractivity contribution in [3.8, 4) is 0 Å². The van der Waals surface area contributed by atoms with E-state index in [4.69, 9.17) is 9.84 Å². The summed E-state index contributed by atoms with van der Waals surface area (Å²) in [6.45, 7) is -0.612. The van der Waals surface area contributed by atoms with Gasteiger partial charge in [0.1, 0.15) is 11.8 Å². The van der Waals surface area contributed by atoms with Crippen molar-refractivity contribution in [3.05, 3.63) is 29.3 Å². The summed E-state index contributed by atoms with van der Waals surface area (Å²) in [6, 6.07) is 2.76. The Labute approximate surface area is 152 Å². The van der Waals surface area contributed by atoms with E-state index in [-0.39, 0.29) is 12.2 Å². The minimum atomic E-state index is -4.90. The maximum Gasteiger partial charge on any atom is 0.416 e. The van der Waals surface area contributed by atoms with Gasteiger partial charge in [-0.3, -0.25) is 4.90 Å². The van der Waals surface area contributed by atoms with E-state index in [0.717, 1.165) is 17.0 Å². The lowest BCUT2D eigenvalue weighted by Crippen LogP contribution is -2.35. The van der Waals surface area contributed by atoms with Crippen molar-refractivity contribution >= 4 is 21.6 Å². The first-order chi connectivity index (χ1) is 12.5.